The normalized spacial score (nSPS) is 10.8. The molecule has 7 heteroatoms. The minimum absolute atomic E-state index is 0.297. The fourth-order valence-corrected chi connectivity index (χ4v) is 1.24. The molecule has 0 aliphatic heterocycles. The molecule has 0 radical (unpaired) electrons. The lowest BCUT2D eigenvalue weighted by Gasteiger charge is -2.08. The van der Waals surface area contributed by atoms with Crippen molar-refractivity contribution in [3.63, 3.8) is 0 Å². The third-order valence-electron chi connectivity index (χ3n) is 1.93. The molecule has 5 N–H and O–H groups in total. The molecule has 17 heavy (non-hydrogen) atoms. The molecule has 0 aliphatic carbocycles. The standard InChI is InChI=1S/C10H12N4O3/c1-12-7-5-3-2-4-6(7)8(9(15)16)13-14-10(11)17/h2-5,12H,1H3,(H,15,16)(H3,11,14,17)/b13-8-. The zero-order valence-electron chi connectivity index (χ0n) is 9.10. The molecule has 0 saturated heterocycles. The van der Waals surface area contributed by atoms with E-state index in [0.717, 1.165) is 0 Å². The van der Waals surface area contributed by atoms with Crippen LogP contribution in [0.5, 0.6) is 0 Å². The third-order valence-corrected chi connectivity index (χ3v) is 1.93. The number of rotatable bonds is 4. The molecule has 0 unspecified atom stereocenters. The van der Waals surface area contributed by atoms with Crippen LogP contribution in [0.4, 0.5) is 10.5 Å². The number of aliphatic carboxylic acids is 1. The maximum atomic E-state index is 11.0. The van der Waals surface area contributed by atoms with Crippen LogP contribution in [0.3, 0.4) is 0 Å². The topological polar surface area (TPSA) is 117 Å². The zero-order chi connectivity index (χ0) is 12.8. The lowest BCUT2D eigenvalue weighted by Crippen LogP contribution is -2.28. The highest BCUT2D eigenvalue weighted by Gasteiger charge is 2.16. The van der Waals surface area contributed by atoms with E-state index < -0.39 is 12.0 Å². The number of carboxylic acid groups (broad SMARTS) is 1. The van der Waals surface area contributed by atoms with Crippen LogP contribution in [0.25, 0.3) is 0 Å². The molecule has 1 aromatic rings. The van der Waals surface area contributed by atoms with Gasteiger partial charge < -0.3 is 16.2 Å². The number of primary amides is 1. The number of carbonyl (C=O) groups is 2. The Labute approximate surface area is 97.3 Å². The average molecular weight is 236 g/mol. The fraction of sp³-hybridized carbons (Fsp3) is 0.100. The van der Waals surface area contributed by atoms with Crippen LogP contribution in [0.15, 0.2) is 29.4 Å². The van der Waals surface area contributed by atoms with Gasteiger partial charge in [-0.1, -0.05) is 18.2 Å². The lowest BCUT2D eigenvalue weighted by atomic mass is 10.1. The molecule has 0 aliphatic rings. The predicted molar refractivity (Wildman–Crippen MR) is 62.9 cm³/mol. The molecular weight excluding hydrogens is 224 g/mol. The van der Waals surface area contributed by atoms with Gasteiger partial charge in [0.25, 0.3) is 0 Å². The minimum atomic E-state index is -1.26. The predicted octanol–water partition coefficient (Wildman–Crippen LogP) is 0.185. The number of amides is 2. The van der Waals surface area contributed by atoms with Gasteiger partial charge in [-0.3, -0.25) is 0 Å². The van der Waals surface area contributed by atoms with Gasteiger partial charge >= 0.3 is 12.0 Å². The highest BCUT2D eigenvalue weighted by Crippen LogP contribution is 2.15. The summed E-state index contributed by atoms with van der Waals surface area (Å²) in [4.78, 5) is 21.5. The largest absolute Gasteiger partial charge is 0.476 e. The number of para-hydroxylation sites is 1. The van der Waals surface area contributed by atoms with Gasteiger partial charge in [-0.2, -0.15) is 5.10 Å². The van der Waals surface area contributed by atoms with E-state index in [1.807, 2.05) is 5.43 Å². The smallest absolute Gasteiger partial charge is 0.357 e. The van der Waals surface area contributed by atoms with Gasteiger partial charge in [-0.25, -0.2) is 15.0 Å². The van der Waals surface area contributed by atoms with Crippen LogP contribution < -0.4 is 16.5 Å². The Bertz CT molecular complexity index is 470. The number of hydrogen-bond donors (Lipinski definition) is 4. The molecular formula is C10H12N4O3. The molecule has 0 atom stereocenters. The summed E-state index contributed by atoms with van der Waals surface area (Å²) >= 11 is 0. The number of carbonyl (C=O) groups excluding carboxylic acids is 1. The molecule has 90 valence electrons. The fourth-order valence-electron chi connectivity index (χ4n) is 1.24. The monoisotopic (exact) mass is 236 g/mol. The van der Waals surface area contributed by atoms with Crippen molar-refractivity contribution in [1.82, 2.24) is 5.43 Å². The van der Waals surface area contributed by atoms with Crippen molar-refractivity contribution in [2.75, 3.05) is 12.4 Å². The molecule has 7 nitrogen and oxygen atoms in total. The number of nitrogens with zero attached hydrogens (tertiary/aromatic N) is 1. The van der Waals surface area contributed by atoms with Crippen molar-refractivity contribution in [2.45, 2.75) is 0 Å². The van der Waals surface area contributed by atoms with Crippen LogP contribution in [0.2, 0.25) is 0 Å². The summed E-state index contributed by atoms with van der Waals surface area (Å²) < 4.78 is 0. The summed E-state index contributed by atoms with van der Waals surface area (Å²) in [6.45, 7) is 0. The van der Waals surface area contributed by atoms with Gasteiger partial charge in [-0.05, 0) is 6.07 Å². The second-order valence-corrected chi connectivity index (χ2v) is 3.04. The summed E-state index contributed by atoms with van der Waals surface area (Å²) in [6.07, 6.45) is 0. The van der Waals surface area contributed by atoms with Crippen LogP contribution in [0.1, 0.15) is 5.56 Å². The first kappa shape index (κ1) is 12.5. The number of urea groups is 1. The van der Waals surface area contributed by atoms with Crippen LogP contribution in [0, 0.1) is 0 Å². The Hall–Kier alpha value is -2.57. The second-order valence-electron chi connectivity index (χ2n) is 3.04. The van der Waals surface area contributed by atoms with Gasteiger partial charge in [0.1, 0.15) is 0 Å². The molecule has 0 heterocycles. The van der Waals surface area contributed by atoms with Gasteiger partial charge in [0.2, 0.25) is 0 Å². The SMILES string of the molecule is CNc1ccccc1/C(=N/NC(N)=O)C(=O)O. The maximum Gasteiger partial charge on any atom is 0.357 e. The van der Waals surface area contributed by atoms with Crippen molar-refractivity contribution < 1.29 is 14.7 Å². The van der Waals surface area contributed by atoms with Gasteiger partial charge in [0, 0.05) is 18.3 Å². The number of benzene rings is 1. The first-order chi connectivity index (χ1) is 8.06. The highest BCUT2D eigenvalue weighted by molar-refractivity contribution is 6.43. The van der Waals surface area contributed by atoms with E-state index in [9.17, 15) is 9.59 Å². The van der Waals surface area contributed by atoms with Gasteiger partial charge in [-0.15, -0.1) is 0 Å². The summed E-state index contributed by atoms with van der Waals surface area (Å²) in [5, 5.41) is 15.3. The zero-order valence-corrected chi connectivity index (χ0v) is 9.10. The molecule has 1 aromatic carbocycles. The van der Waals surface area contributed by atoms with Crippen LogP contribution in [-0.4, -0.2) is 29.9 Å². The Morgan fingerprint density at radius 3 is 2.53 bits per heavy atom. The summed E-state index contributed by atoms with van der Waals surface area (Å²) in [5.74, 6) is -1.26. The summed E-state index contributed by atoms with van der Waals surface area (Å²) in [5.41, 5.74) is 7.36. The molecule has 0 spiro atoms. The summed E-state index contributed by atoms with van der Waals surface area (Å²) in [7, 11) is 1.65. The number of nitrogens with two attached hydrogens (primary N) is 1. The van der Waals surface area contributed by atoms with Gasteiger partial charge in [0.05, 0.1) is 0 Å². The summed E-state index contributed by atoms with van der Waals surface area (Å²) in [6, 6.07) is 5.75. The van der Waals surface area contributed by atoms with Crippen molar-refractivity contribution in [3.05, 3.63) is 29.8 Å². The van der Waals surface area contributed by atoms with Crippen LogP contribution in [-0.2, 0) is 4.79 Å². The second kappa shape index (κ2) is 5.50. The average Bonchev–Trinajstić information content (AvgIpc) is 2.29. The number of carboxylic acids is 1. The van der Waals surface area contributed by atoms with Crippen molar-refractivity contribution in [3.8, 4) is 0 Å². The number of hydrazone groups is 1. The van der Waals surface area contributed by atoms with E-state index >= 15 is 0 Å². The van der Waals surface area contributed by atoms with Crippen molar-refractivity contribution >= 4 is 23.4 Å². The molecule has 0 fully saturated rings. The third kappa shape index (κ3) is 3.20. The Morgan fingerprint density at radius 1 is 1.35 bits per heavy atom. The molecule has 0 saturated carbocycles. The van der Waals surface area contributed by atoms with E-state index in [2.05, 4.69) is 10.4 Å². The van der Waals surface area contributed by atoms with E-state index in [1.165, 1.54) is 0 Å². The number of hydrogen-bond acceptors (Lipinski definition) is 4. The Balaban J connectivity index is 3.18. The Kier molecular flexibility index (Phi) is 4.04. The van der Waals surface area contributed by atoms with Crippen LogP contribution >= 0.6 is 0 Å². The van der Waals surface area contributed by atoms with Gasteiger partial charge in [0.15, 0.2) is 5.71 Å². The van der Waals surface area contributed by atoms with E-state index in [4.69, 9.17) is 10.8 Å². The van der Waals surface area contributed by atoms with Crippen molar-refractivity contribution in [1.29, 1.82) is 0 Å². The quantitative estimate of drug-likeness (QED) is 0.440. The first-order valence-electron chi connectivity index (χ1n) is 4.70. The molecule has 2 amide bonds. The van der Waals surface area contributed by atoms with E-state index in [1.54, 1.807) is 31.3 Å². The Morgan fingerprint density at radius 2 is 2.00 bits per heavy atom. The highest BCUT2D eigenvalue weighted by atomic mass is 16.4. The number of anilines is 1. The maximum absolute atomic E-state index is 11.0. The molecule has 1 rings (SSSR count). The molecule has 0 bridgehead atoms. The van der Waals surface area contributed by atoms with E-state index in [-0.39, 0.29) is 5.71 Å². The lowest BCUT2D eigenvalue weighted by molar-refractivity contribution is -0.129. The van der Waals surface area contributed by atoms with E-state index in [0.29, 0.717) is 11.3 Å². The first-order valence-corrected chi connectivity index (χ1v) is 4.70. The minimum Gasteiger partial charge on any atom is -0.476 e. The molecule has 0 aromatic heterocycles. The van der Waals surface area contributed by atoms with Crippen molar-refractivity contribution in [2.24, 2.45) is 10.8 Å². The number of nitrogens with one attached hydrogen (secondary N) is 2.